The van der Waals surface area contributed by atoms with Gasteiger partial charge in [0.1, 0.15) is 6.04 Å². The van der Waals surface area contributed by atoms with Gasteiger partial charge in [-0.3, -0.25) is 4.79 Å². The summed E-state index contributed by atoms with van der Waals surface area (Å²) >= 11 is 0. The van der Waals surface area contributed by atoms with Crippen molar-refractivity contribution in [1.29, 1.82) is 0 Å². The van der Waals surface area contributed by atoms with Crippen molar-refractivity contribution in [2.45, 2.75) is 13.0 Å². The quantitative estimate of drug-likeness (QED) is 0.649. The fraction of sp³-hybridized carbons (Fsp3) is 0.286. The number of carbonyl (C=O) groups is 1. The molecule has 0 aliphatic carbocycles. The number of nitrogens with one attached hydrogen (secondary N) is 1. The Hall–Kier alpha value is -1.65. The lowest BCUT2D eigenvalue weighted by molar-refractivity contribution is -0.118. The Morgan fingerprint density at radius 2 is 2.17 bits per heavy atom. The van der Waals surface area contributed by atoms with E-state index < -0.39 is 11.9 Å². The molecule has 1 unspecified atom stereocenters. The molecule has 1 rings (SSSR count). The second kappa shape index (κ2) is 3.66. The molecule has 1 aromatic heterocycles. The maximum Gasteiger partial charge on any atom is 0.239 e. The number of hydrogen-bond acceptors (Lipinski definition) is 4. The predicted molar refractivity (Wildman–Crippen MR) is 44.3 cm³/mol. The molecule has 1 amide bonds. The van der Waals surface area contributed by atoms with Crippen LogP contribution in [-0.2, 0) is 4.79 Å². The Labute approximate surface area is 70.0 Å². The molecule has 0 saturated carbocycles. The summed E-state index contributed by atoms with van der Waals surface area (Å²) in [5, 5.41) is 2.74. The largest absolute Gasteiger partial charge is 0.368 e. The normalized spacial score (nSPS) is 12.1. The van der Waals surface area contributed by atoms with Gasteiger partial charge in [-0.15, -0.1) is 0 Å². The molecule has 0 saturated heterocycles. The molecule has 0 aliphatic heterocycles. The van der Waals surface area contributed by atoms with E-state index in [1.807, 2.05) is 0 Å². The van der Waals surface area contributed by atoms with Crippen LogP contribution < -0.4 is 11.1 Å². The molecule has 0 aromatic carbocycles. The molecule has 1 atom stereocenters. The lowest BCUT2D eigenvalue weighted by Crippen LogP contribution is -2.33. The summed E-state index contributed by atoms with van der Waals surface area (Å²) < 4.78 is 0. The molecule has 0 aliphatic rings. The van der Waals surface area contributed by atoms with Crippen LogP contribution in [0.1, 0.15) is 6.92 Å². The number of aromatic nitrogens is 2. The van der Waals surface area contributed by atoms with Crippen LogP contribution in [0.15, 0.2) is 18.5 Å². The second-order valence-corrected chi connectivity index (χ2v) is 2.34. The van der Waals surface area contributed by atoms with Crippen LogP contribution in [-0.4, -0.2) is 21.9 Å². The van der Waals surface area contributed by atoms with Crippen LogP contribution in [0.25, 0.3) is 0 Å². The average Bonchev–Trinajstić information content (AvgIpc) is 2.06. The van der Waals surface area contributed by atoms with E-state index in [1.54, 1.807) is 25.4 Å². The first-order chi connectivity index (χ1) is 5.70. The Bertz CT molecular complexity index is 261. The monoisotopic (exact) mass is 166 g/mol. The summed E-state index contributed by atoms with van der Waals surface area (Å²) in [7, 11) is 0. The number of anilines is 1. The van der Waals surface area contributed by atoms with Gasteiger partial charge >= 0.3 is 0 Å². The number of primary amides is 1. The van der Waals surface area contributed by atoms with Gasteiger partial charge in [-0.05, 0) is 13.0 Å². The molecular weight excluding hydrogens is 156 g/mol. The minimum atomic E-state index is -0.451. The van der Waals surface area contributed by atoms with Crippen molar-refractivity contribution < 1.29 is 4.79 Å². The van der Waals surface area contributed by atoms with Crippen molar-refractivity contribution in [3.05, 3.63) is 18.5 Å². The third kappa shape index (κ3) is 2.19. The van der Waals surface area contributed by atoms with Gasteiger partial charge in [-0.25, -0.2) is 9.97 Å². The van der Waals surface area contributed by atoms with Crippen molar-refractivity contribution in [1.82, 2.24) is 9.97 Å². The first kappa shape index (κ1) is 8.45. The molecule has 0 fully saturated rings. The van der Waals surface area contributed by atoms with Crippen molar-refractivity contribution in [2.24, 2.45) is 5.73 Å². The first-order valence-electron chi connectivity index (χ1n) is 3.53. The summed E-state index contributed by atoms with van der Waals surface area (Å²) in [6, 6.07) is 1.24. The lowest BCUT2D eigenvalue weighted by atomic mass is 10.3. The highest BCUT2D eigenvalue weighted by molar-refractivity contribution is 5.81. The summed E-state index contributed by atoms with van der Waals surface area (Å²) in [5.41, 5.74) is 5.03. The van der Waals surface area contributed by atoms with Gasteiger partial charge in [0.05, 0.1) is 0 Å². The molecule has 0 bridgehead atoms. The molecule has 12 heavy (non-hydrogen) atoms. The van der Waals surface area contributed by atoms with Crippen molar-refractivity contribution in [2.75, 3.05) is 5.32 Å². The predicted octanol–water partition coefficient (Wildman–Crippen LogP) is -0.238. The smallest absolute Gasteiger partial charge is 0.239 e. The number of carbonyl (C=O) groups excluding carboxylic acids is 1. The van der Waals surface area contributed by atoms with Crippen LogP contribution in [0.3, 0.4) is 0 Å². The Balaban J connectivity index is 2.58. The number of amides is 1. The zero-order valence-corrected chi connectivity index (χ0v) is 6.69. The standard InChI is InChI=1S/C7H10N4O/c1-5(6(8)12)11-7-9-3-2-4-10-7/h2-5H,1H3,(H2,8,12)(H,9,10,11). The van der Waals surface area contributed by atoms with Gasteiger partial charge in [-0.2, -0.15) is 0 Å². The van der Waals surface area contributed by atoms with E-state index in [0.29, 0.717) is 5.95 Å². The molecule has 3 N–H and O–H groups in total. The molecular formula is C7H10N4O. The summed E-state index contributed by atoms with van der Waals surface area (Å²) in [5.74, 6) is -0.0220. The molecule has 1 aromatic rings. The molecule has 5 heteroatoms. The highest BCUT2D eigenvalue weighted by Crippen LogP contribution is 1.96. The van der Waals surface area contributed by atoms with Gasteiger partial charge in [0.2, 0.25) is 11.9 Å². The molecule has 5 nitrogen and oxygen atoms in total. The number of rotatable bonds is 3. The maximum absolute atomic E-state index is 10.6. The highest BCUT2D eigenvalue weighted by Gasteiger charge is 2.07. The fourth-order valence-electron chi connectivity index (χ4n) is 0.638. The SMILES string of the molecule is CC(Nc1ncccn1)C(N)=O. The number of hydrogen-bond donors (Lipinski definition) is 2. The van der Waals surface area contributed by atoms with E-state index >= 15 is 0 Å². The van der Waals surface area contributed by atoms with Gasteiger partial charge in [0, 0.05) is 12.4 Å². The van der Waals surface area contributed by atoms with E-state index in [-0.39, 0.29) is 0 Å². The third-order valence-electron chi connectivity index (χ3n) is 1.34. The average molecular weight is 166 g/mol. The van der Waals surface area contributed by atoms with E-state index in [9.17, 15) is 4.79 Å². The summed E-state index contributed by atoms with van der Waals surface area (Å²) in [4.78, 5) is 18.4. The van der Waals surface area contributed by atoms with Crippen molar-refractivity contribution >= 4 is 11.9 Å². The third-order valence-corrected chi connectivity index (χ3v) is 1.34. The Morgan fingerprint density at radius 3 is 2.67 bits per heavy atom. The zero-order chi connectivity index (χ0) is 8.97. The topological polar surface area (TPSA) is 80.9 Å². The van der Waals surface area contributed by atoms with Gasteiger partial charge < -0.3 is 11.1 Å². The van der Waals surface area contributed by atoms with E-state index in [1.165, 1.54) is 0 Å². The van der Waals surface area contributed by atoms with Crippen molar-refractivity contribution in [3.63, 3.8) is 0 Å². The summed E-state index contributed by atoms with van der Waals surface area (Å²) in [6.07, 6.45) is 3.17. The van der Waals surface area contributed by atoms with Crippen LogP contribution in [0.5, 0.6) is 0 Å². The van der Waals surface area contributed by atoms with E-state index in [2.05, 4.69) is 15.3 Å². The van der Waals surface area contributed by atoms with Gasteiger partial charge in [0.15, 0.2) is 0 Å². The maximum atomic E-state index is 10.6. The minimum Gasteiger partial charge on any atom is -0.368 e. The van der Waals surface area contributed by atoms with Crippen LogP contribution in [0.4, 0.5) is 5.95 Å². The lowest BCUT2D eigenvalue weighted by Gasteiger charge is -2.08. The molecule has 0 spiro atoms. The van der Waals surface area contributed by atoms with Crippen LogP contribution in [0, 0.1) is 0 Å². The van der Waals surface area contributed by atoms with Crippen molar-refractivity contribution in [3.8, 4) is 0 Å². The number of nitrogens with two attached hydrogens (primary N) is 1. The van der Waals surface area contributed by atoms with E-state index in [0.717, 1.165) is 0 Å². The minimum absolute atomic E-state index is 0.406. The van der Waals surface area contributed by atoms with Crippen LogP contribution in [0.2, 0.25) is 0 Å². The molecule has 64 valence electrons. The Morgan fingerprint density at radius 1 is 1.58 bits per heavy atom. The van der Waals surface area contributed by atoms with Crippen LogP contribution >= 0.6 is 0 Å². The Kier molecular flexibility index (Phi) is 2.57. The molecule has 0 radical (unpaired) electrons. The fourth-order valence-corrected chi connectivity index (χ4v) is 0.638. The number of nitrogens with zero attached hydrogens (tertiary/aromatic N) is 2. The zero-order valence-electron chi connectivity index (χ0n) is 6.69. The second-order valence-electron chi connectivity index (χ2n) is 2.34. The van der Waals surface area contributed by atoms with E-state index in [4.69, 9.17) is 5.73 Å². The van der Waals surface area contributed by atoms with Gasteiger partial charge in [-0.1, -0.05) is 0 Å². The van der Waals surface area contributed by atoms with Gasteiger partial charge in [0.25, 0.3) is 0 Å². The highest BCUT2D eigenvalue weighted by atomic mass is 16.1. The first-order valence-corrected chi connectivity index (χ1v) is 3.53. The summed E-state index contributed by atoms with van der Waals surface area (Å²) in [6.45, 7) is 1.65. The molecule has 1 heterocycles.